The highest BCUT2D eigenvalue weighted by molar-refractivity contribution is 5.80. The first-order chi connectivity index (χ1) is 36.2. The Labute approximate surface area is 454 Å². The lowest BCUT2D eigenvalue weighted by Gasteiger charge is -2.40. The number of amides is 1. The van der Waals surface area contributed by atoms with Crippen LogP contribution in [0.1, 0.15) is 303 Å². The molecule has 9 atom stereocenters. The maximum absolute atomic E-state index is 13.2. The minimum atomic E-state index is -1.67. The van der Waals surface area contributed by atoms with E-state index >= 15 is 0 Å². The van der Waals surface area contributed by atoms with Crippen LogP contribution in [0.15, 0.2) is 24.3 Å². The molecular formula is C63H121NO10. The van der Waals surface area contributed by atoms with E-state index in [0.717, 1.165) is 51.4 Å². The third-order valence-electron chi connectivity index (χ3n) is 15.5. The van der Waals surface area contributed by atoms with Gasteiger partial charge in [-0.1, -0.05) is 263 Å². The van der Waals surface area contributed by atoms with Crippen molar-refractivity contribution in [1.29, 1.82) is 0 Å². The zero-order valence-electron chi connectivity index (χ0n) is 48.1. The molecule has 1 aliphatic rings. The summed E-state index contributed by atoms with van der Waals surface area (Å²) in [4.78, 5) is 13.2. The zero-order valence-corrected chi connectivity index (χ0v) is 48.1. The maximum atomic E-state index is 13.2. The smallest absolute Gasteiger partial charge is 0.249 e. The number of aliphatic hydroxyl groups is 7. The number of hydrogen-bond donors (Lipinski definition) is 8. The van der Waals surface area contributed by atoms with E-state index in [2.05, 4.69) is 43.5 Å². The van der Waals surface area contributed by atoms with Gasteiger partial charge in [-0.3, -0.25) is 4.79 Å². The van der Waals surface area contributed by atoms with Crippen molar-refractivity contribution in [2.45, 2.75) is 358 Å². The largest absolute Gasteiger partial charge is 0.394 e. The molecule has 0 spiro atoms. The van der Waals surface area contributed by atoms with Crippen LogP contribution in [-0.4, -0.2) is 110 Å². The Morgan fingerprint density at radius 1 is 0.459 bits per heavy atom. The number of carbonyl (C=O) groups is 1. The molecule has 0 aromatic heterocycles. The van der Waals surface area contributed by atoms with Gasteiger partial charge in [-0.25, -0.2) is 0 Å². The van der Waals surface area contributed by atoms with E-state index in [-0.39, 0.29) is 12.8 Å². The molecule has 1 amide bonds. The Balaban J connectivity index is 2.25. The molecule has 438 valence electrons. The highest BCUT2D eigenvalue weighted by atomic mass is 16.7. The molecule has 9 unspecified atom stereocenters. The number of allylic oxidation sites excluding steroid dienone is 4. The lowest BCUT2D eigenvalue weighted by Crippen LogP contribution is -2.60. The van der Waals surface area contributed by atoms with Crippen molar-refractivity contribution in [2.24, 2.45) is 0 Å². The minimum absolute atomic E-state index is 0.241. The number of aliphatic hydroxyl groups excluding tert-OH is 7. The van der Waals surface area contributed by atoms with E-state index < -0.39 is 74.2 Å². The standard InChI is InChI=1S/C63H121NO10/c1-3-5-7-9-11-13-15-17-19-21-22-23-24-25-26-27-28-29-30-31-32-33-35-36-38-40-42-44-46-48-50-55(66)58(68)54(53-73-63-61(71)60(70)59(69)57(52-65)74-63)64-62(72)56(67)51-49-47-45-43-41-39-37-34-20-18-16-14-12-10-8-6-4-2/h37,39,42,44,54-61,63,65-71H,3-36,38,40-41,43,45-53H2,1-2H3,(H,64,72)/b39-37-,44-42+. The van der Waals surface area contributed by atoms with Crippen LogP contribution in [0.5, 0.6) is 0 Å². The summed E-state index contributed by atoms with van der Waals surface area (Å²) in [5.41, 5.74) is 0. The van der Waals surface area contributed by atoms with Crippen LogP contribution in [0.25, 0.3) is 0 Å². The van der Waals surface area contributed by atoms with Crippen molar-refractivity contribution in [3.63, 3.8) is 0 Å². The third kappa shape index (κ3) is 39.9. The Hall–Kier alpha value is -1.41. The van der Waals surface area contributed by atoms with Crippen LogP contribution in [0.3, 0.4) is 0 Å². The first-order valence-electron chi connectivity index (χ1n) is 31.7. The topological polar surface area (TPSA) is 189 Å². The van der Waals surface area contributed by atoms with Gasteiger partial charge in [0, 0.05) is 0 Å². The second kappa shape index (κ2) is 52.3. The molecule has 11 heteroatoms. The number of rotatable bonds is 55. The summed E-state index contributed by atoms with van der Waals surface area (Å²) >= 11 is 0. The SMILES string of the molecule is CCCCCCCCCCC/C=C\CCCCCCC(O)C(=O)NC(COC1OC(CO)C(O)C(O)C1O)C(O)C(O)CCC/C=C/CCCCCCCCCCCCCCCCCCCCCCCCCCC. The fraction of sp³-hybridized carbons (Fsp3) is 0.921. The van der Waals surface area contributed by atoms with Gasteiger partial charge < -0.3 is 50.5 Å². The minimum Gasteiger partial charge on any atom is -0.394 e. The summed E-state index contributed by atoms with van der Waals surface area (Å²) in [7, 11) is 0. The van der Waals surface area contributed by atoms with E-state index in [4.69, 9.17) is 9.47 Å². The van der Waals surface area contributed by atoms with Crippen molar-refractivity contribution in [1.82, 2.24) is 5.32 Å². The van der Waals surface area contributed by atoms with Gasteiger partial charge >= 0.3 is 0 Å². The molecule has 11 nitrogen and oxygen atoms in total. The van der Waals surface area contributed by atoms with Gasteiger partial charge in [-0.2, -0.15) is 0 Å². The van der Waals surface area contributed by atoms with Gasteiger partial charge in [0.2, 0.25) is 5.91 Å². The molecule has 0 bridgehead atoms. The Kier molecular flexibility index (Phi) is 49.9. The Morgan fingerprint density at radius 3 is 1.16 bits per heavy atom. The van der Waals surface area contributed by atoms with E-state index in [0.29, 0.717) is 12.8 Å². The Morgan fingerprint density at radius 2 is 0.797 bits per heavy atom. The van der Waals surface area contributed by atoms with Gasteiger partial charge in [-0.15, -0.1) is 0 Å². The van der Waals surface area contributed by atoms with E-state index in [1.165, 1.54) is 212 Å². The second-order valence-corrected chi connectivity index (χ2v) is 22.5. The summed E-state index contributed by atoms with van der Waals surface area (Å²) in [6.07, 6.45) is 52.6. The average molecular weight is 1050 g/mol. The molecule has 74 heavy (non-hydrogen) atoms. The van der Waals surface area contributed by atoms with Crippen molar-refractivity contribution in [2.75, 3.05) is 13.2 Å². The van der Waals surface area contributed by atoms with Crippen molar-refractivity contribution in [3.8, 4) is 0 Å². The highest BCUT2D eigenvalue weighted by Gasteiger charge is 2.44. The first kappa shape index (κ1) is 70.6. The monoisotopic (exact) mass is 1050 g/mol. The summed E-state index contributed by atoms with van der Waals surface area (Å²) in [6, 6.07) is -1.19. The van der Waals surface area contributed by atoms with Crippen molar-refractivity contribution < 1.29 is 50.0 Å². The van der Waals surface area contributed by atoms with Gasteiger partial charge in [0.05, 0.1) is 25.4 Å². The maximum Gasteiger partial charge on any atom is 0.249 e. The molecule has 0 saturated carbocycles. The zero-order chi connectivity index (χ0) is 54.0. The molecule has 0 aromatic rings. The van der Waals surface area contributed by atoms with E-state index in [1.807, 2.05) is 0 Å². The predicted molar refractivity (Wildman–Crippen MR) is 307 cm³/mol. The summed E-state index contributed by atoms with van der Waals surface area (Å²) in [5.74, 6) is -0.711. The van der Waals surface area contributed by atoms with Crippen LogP contribution >= 0.6 is 0 Å². The molecule has 0 radical (unpaired) electrons. The summed E-state index contributed by atoms with van der Waals surface area (Å²) in [6.45, 7) is 3.47. The molecule has 1 heterocycles. The quantitative estimate of drug-likeness (QED) is 0.0215. The summed E-state index contributed by atoms with van der Waals surface area (Å²) < 4.78 is 11.1. The van der Waals surface area contributed by atoms with Gasteiger partial charge in [0.1, 0.15) is 36.6 Å². The number of nitrogens with one attached hydrogen (secondary N) is 1. The molecule has 1 aliphatic heterocycles. The number of carbonyl (C=O) groups excluding carboxylic acids is 1. The second-order valence-electron chi connectivity index (χ2n) is 22.5. The predicted octanol–water partition coefficient (Wildman–Crippen LogP) is 14.1. The van der Waals surface area contributed by atoms with Gasteiger partial charge in [-0.05, 0) is 64.2 Å². The fourth-order valence-corrected chi connectivity index (χ4v) is 10.3. The summed E-state index contributed by atoms with van der Waals surface area (Å²) in [5, 5.41) is 76.2. The molecular weight excluding hydrogens is 931 g/mol. The fourth-order valence-electron chi connectivity index (χ4n) is 10.3. The number of hydrogen-bond acceptors (Lipinski definition) is 10. The van der Waals surface area contributed by atoms with E-state index in [9.17, 15) is 40.5 Å². The van der Waals surface area contributed by atoms with E-state index in [1.54, 1.807) is 0 Å². The van der Waals surface area contributed by atoms with Gasteiger partial charge in [0.25, 0.3) is 0 Å². The van der Waals surface area contributed by atoms with Crippen LogP contribution < -0.4 is 5.32 Å². The highest BCUT2D eigenvalue weighted by Crippen LogP contribution is 2.24. The van der Waals surface area contributed by atoms with Crippen LogP contribution in [-0.2, 0) is 14.3 Å². The van der Waals surface area contributed by atoms with Crippen LogP contribution in [0, 0.1) is 0 Å². The molecule has 1 rings (SSSR count). The number of unbranched alkanes of at least 4 members (excludes halogenated alkanes) is 39. The van der Waals surface area contributed by atoms with Crippen molar-refractivity contribution >= 4 is 5.91 Å². The third-order valence-corrected chi connectivity index (χ3v) is 15.5. The number of ether oxygens (including phenoxy) is 2. The molecule has 1 saturated heterocycles. The molecule has 1 fully saturated rings. The van der Waals surface area contributed by atoms with Gasteiger partial charge in [0.15, 0.2) is 6.29 Å². The van der Waals surface area contributed by atoms with Crippen molar-refractivity contribution in [3.05, 3.63) is 24.3 Å². The lowest BCUT2D eigenvalue weighted by atomic mass is 9.98. The molecule has 0 aliphatic carbocycles. The lowest BCUT2D eigenvalue weighted by molar-refractivity contribution is -0.303. The first-order valence-corrected chi connectivity index (χ1v) is 31.7. The Bertz CT molecular complexity index is 1250. The van der Waals surface area contributed by atoms with Crippen LogP contribution in [0.4, 0.5) is 0 Å². The average Bonchev–Trinajstić information content (AvgIpc) is 3.40. The molecule has 8 N–H and O–H groups in total. The normalized spacial score (nSPS) is 19.9. The molecule has 0 aromatic carbocycles. The van der Waals surface area contributed by atoms with Crippen LogP contribution in [0.2, 0.25) is 0 Å².